The number of halogens is 1. The third kappa shape index (κ3) is 3.71. The SMILES string of the molecule is CCN1CCCC1c1ccc(N=Cc2c(O)[nH]c(=O)c3ccc(I)cc23)cc1. The minimum atomic E-state index is -0.303. The van der Waals surface area contributed by atoms with Gasteiger partial charge in [-0.25, -0.2) is 0 Å². The van der Waals surface area contributed by atoms with Crippen LogP contribution in [0.3, 0.4) is 0 Å². The lowest BCUT2D eigenvalue weighted by Crippen LogP contribution is -2.22. The Morgan fingerprint density at radius 2 is 2.04 bits per heavy atom. The molecule has 1 unspecified atom stereocenters. The second-order valence-corrected chi connectivity index (χ2v) is 8.29. The number of aromatic amines is 1. The lowest BCUT2D eigenvalue weighted by atomic mass is 10.0. The molecular formula is C22H22IN3O2. The highest BCUT2D eigenvalue weighted by Gasteiger charge is 2.24. The zero-order chi connectivity index (χ0) is 19.7. The largest absolute Gasteiger partial charge is 0.494 e. The molecule has 1 fully saturated rings. The topological polar surface area (TPSA) is 68.7 Å². The van der Waals surface area contributed by atoms with Crippen molar-refractivity contribution < 1.29 is 5.11 Å². The number of nitrogens with one attached hydrogen (secondary N) is 1. The van der Waals surface area contributed by atoms with E-state index in [1.165, 1.54) is 24.9 Å². The Balaban J connectivity index is 1.65. The summed E-state index contributed by atoms with van der Waals surface area (Å²) in [7, 11) is 0. The van der Waals surface area contributed by atoms with Crippen molar-refractivity contribution in [3.8, 4) is 5.88 Å². The van der Waals surface area contributed by atoms with Crippen molar-refractivity contribution in [3.05, 3.63) is 67.5 Å². The van der Waals surface area contributed by atoms with Crippen molar-refractivity contribution in [2.45, 2.75) is 25.8 Å². The van der Waals surface area contributed by atoms with E-state index in [-0.39, 0.29) is 11.4 Å². The summed E-state index contributed by atoms with van der Waals surface area (Å²) in [6.45, 7) is 4.44. The van der Waals surface area contributed by atoms with Crippen molar-refractivity contribution in [1.82, 2.24) is 9.88 Å². The second-order valence-electron chi connectivity index (χ2n) is 7.04. The van der Waals surface area contributed by atoms with Gasteiger partial charge in [0.15, 0.2) is 0 Å². The Labute approximate surface area is 177 Å². The Morgan fingerprint density at radius 1 is 1.25 bits per heavy atom. The van der Waals surface area contributed by atoms with Crippen LogP contribution in [0.5, 0.6) is 5.88 Å². The normalized spacial score (nSPS) is 17.7. The van der Waals surface area contributed by atoms with Gasteiger partial charge in [0.25, 0.3) is 5.56 Å². The van der Waals surface area contributed by atoms with Crippen molar-refractivity contribution in [2.75, 3.05) is 13.1 Å². The predicted molar refractivity (Wildman–Crippen MR) is 122 cm³/mol. The average Bonchev–Trinajstić information content (AvgIpc) is 3.17. The Hall–Kier alpha value is -2.19. The first-order valence-corrected chi connectivity index (χ1v) is 10.6. The molecular weight excluding hydrogens is 465 g/mol. The van der Waals surface area contributed by atoms with E-state index >= 15 is 0 Å². The van der Waals surface area contributed by atoms with Gasteiger partial charge in [-0.15, -0.1) is 0 Å². The molecule has 0 amide bonds. The van der Waals surface area contributed by atoms with E-state index in [1.54, 1.807) is 12.3 Å². The Morgan fingerprint density at radius 3 is 2.79 bits per heavy atom. The molecule has 2 aromatic carbocycles. The quantitative estimate of drug-likeness (QED) is 0.413. The van der Waals surface area contributed by atoms with Crippen LogP contribution < -0.4 is 5.56 Å². The average molecular weight is 487 g/mol. The molecule has 2 heterocycles. The van der Waals surface area contributed by atoms with Gasteiger partial charge in [-0.05, 0) is 84.4 Å². The van der Waals surface area contributed by atoms with Crippen LogP contribution in [0.4, 0.5) is 5.69 Å². The molecule has 4 rings (SSSR count). The summed E-state index contributed by atoms with van der Waals surface area (Å²) in [4.78, 5) is 21.6. The van der Waals surface area contributed by atoms with Gasteiger partial charge in [0.05, 0.1) is 11.3 Å². The molecule has 0 radical (unpaired) electrons. The zero-order valence-electron chi connectivity index (χ0n) is 15.7. The van der Waals surface area contributed by atoms with Crippen LogP contribution in [-0.4, -0.2) is 34.3 Å². The number of rotatable bonds is 4. The maximum atomic E-state index is 12.1. The first-order valence-electron chi connectivity index (χ1n) is 9.49. The molecule has 3 aromatic rings. The molecule has 0 spiro atoms. The molecule has 0 saturated carbocycles. The molecule has 0 aliphatic carbocycles. The lowest BCUT2D eigenvalue weighted by molar-refractivity contribution is 0.271. The monoisotopic (exact) mass is 487 g/mol. The molecule has 5 nitrogen and oxygen atoms in total. The van der Waals surface area contributed by atoms with Crippen LogP contribution in [0.2, 0.25) is 0 Å². The van der Waals surface area contributed by atoms with Gasteiger partial charge in [-0.2, -0.15) is 0 Å². The van der Waals surface area contributed by atoms with Crippen molar-refractivity contribution in [2.24, 2.45) is 4.99 Å². The van der Waals surface area contributed by atoms with Gasteiger partial charge >= 0.3 is 0 Å². The zero-order valence-corrected chi connectivity index (χ0v) is 17.8. The van der Waals surface area contributed by atoms with Crippen molar-refractivity contribution >= 4 is 45.3 Å². The number of hydrogen-bond donors (Lipinski definition) is 2. The molecule has 1 aromatic heterocycles. The van der Waals surface area contributed by atoms with Gasteiger partial charge in [-0.1, -0.05) is 19.1 Å². The van der Waals surface area contributed by atoms with E-state index in [9.17, 15) is 9.90 Å². The van der Waals surface area contributed by atoms with Crippen molar-refractivity contribution in [3.63, 3.8) is 0 Å². The molecule has 6 heteroatoms. The van der Waals surface area contributed by atoms with Crippen LogP contribution in [0.1, 0.15) is 36.9 Å². The summed E-state index contributed by atoms with van der Waals surface area (Å²) in [5, 5.41) is 11.5. The Kier molecular flexibility index (Phi) is 5.50. The van der Waals surface area contributed by atoms with Gasteiger partial charge in [0.1, 0.15) is 0 Å². The van der Waals surface area contributed by atoms with E-state index in [0.29, 0.717) is 22.4 Å². The molecule has 144 valence electrons. The van der Waals surface area contributed by atoms with Crippen LogP contribution in [0.25, 0.3) is 10.8 Å². The molecule has 1 saturated heterocycles. The van der Waals surface area contributed by atoms with E-state index in [2.05, 4.69) is 56.5 Å². The molecule has 2 N–H and O–H groups in total. The summed E-state index contributed by atoms with van der Waals surface area (Å²) in [5.41, 5.74) is 2.35. The smallest absolute Gasteiger partial charge is 0.258 e. The third-order valence-electron chi connectivity index (χ3n) is 5.39. The summed E-state index contributed by atoms with van der Waals surface area (Å²) in [5.74, 6) is -0.163. The number of pyridine rings is 1. The van der Waals surface area contributed by atoms with Gasteiger partial charge in [-0.3, -0.25) is 19.7 Å². The maximum Gasteiger partial charge on any atom is 0.258 e. The summed E-state index contributed by atoms with van der Waals surface area (Å²) in [6, 6.07) is 14.3. The van der Waals surface area contributed by atoms with E-state index in [0.717, 1.165) is 15.8 Å². The number of hydrogen-bond acceptors (Lipinski definition) is 4. The first kappa shape index (κ1) is 19.1. The number of aromatic nitrogens is 1. The van der Waals surface area contributed by atoms with Crippen LogP contribution in [-0.2, 0) is 0 Å². The molecule has 0 bridgehead atoms. The van der Waals surface area contributed by atoms with Crippen molar-refractivity contribution in [1.29, 1.82) is 0 Å². The number of H-pyrrole nitrogens is 1. The Bertz CT molecular complexity index is 1090. The van der Waals surface area contributed by atoms with Crippen LogP contribution >= 0.6 is 22.6 Å². The van der Waals surface area contributed by atoms with E-state index in [4.69, 9.17) is 0 Å². The highest BCUT2D eigenvalue weighted by Crippen LogP contribution is 2.32. The summed E-state index contributed by atoms with van der Waals surface area (Å²) in [6.07, 6.45) is 4.06. The molecule has 28 heavy (non-hydrogen) atoms. The molecule has 1 aliphatic rings. The number of aromatic hydroxyl groups is 1. The number of nitrogens with zero attached hydrogens (tertiary/aromatic N) is 2. The minimum absolute atomic E-state index is 0.163. The second kappa shape index (κ2) is 8.05. The molecule has 1 aliphatic heterocycles. The summed E-state index contributed by atoms with van der Waals surface area (Å²) >= 11 is 2.19. The van der Waals surface area contributed by atoms with E-state index in [1.807, 2.05) is 24.3 Å². The van der Waals surface area contributed by atoms with Crippen LogP contribution in [0, 0.1) is 3.57 Å². The van der Waals surface area contributed by atoms with Crippen LogP contribution in [0.15, 0.2) is 52.3 Å². The number of aliphatic imine (C=N–C) groups is 1. The number of fused-ring (bicyclic) bond motifs is 1. The van der Waals surface area contributed by atoms with Gasteiger partial charge in [0.2, 0.25) is 5.88 Å². The highest BCUT2D eigenvalue weighted by molar-refractivity contribution is 14.1. The highest BCUT2D eigenvalue weighted by atomic mass is 127. The number of benzene rings is 2. The number of likely N-dealkylation sites (tertiary alicyclic amines) is 1. The fourth-order valence-corrected chi connectivity index (χ4v) is 4.43. The third-order valence-corrected chi connectivity index (χ3v) is 6.06. The van der Waals surface area contributed by atoms with E-state index < -0.39 is 0 Å². The standard InChI is InChI=1S/C22H22IN3O2/c1-2-26-11-3-4-20(26)14-5-8-16(9-6-14)24-13-19-18-12-15(23)7-10-17(18)21(27)25-22(19)28/h5-10,12-13,20H,2-4,11H2,1H3,(H2,25,27,28). The fourth-order valence-electron chi connectivity index (χ4n) is 3.94. The fraction of sp³-hybridized carbons (Fsp3) is 0.273. The summed E-state index contributed by atoms with van der Waals surface area (Å²) < 4.78 is 0.992. The predicted octanol–water partition coefficient (Wildman–Crippen LogP) is 4.75. The minimum Gasteiger partial charge on any atom is -0.494 e. The first-order chi connectivity index (χ1) is 13.6. The molecule has 1 atom stereocenters. The van der Waals surface area contributed by atoms with Gasteiger partial charge < -0.3 is 5.11 Å². The lowest BCUT2D eigenvalue weighted by Gasteiger charge is -2.23. The van der Waals surface area contributed by atoms with Gasteiger partial charge in [0, 0.05) is 26.6 Å². The maximum absolute atomic E-state index is 12.1.